The standard InChI is InChI=1S/C26H27ClN4O4/c1-4-18-14-19(5-2)30-25(29-18)35-23(24(33)34)26(16-9-7-6-8-10-16)20-13-17(27)11-12-21(20)31(3)22(32)15-28-26/h6-14,23,28H,4-5,15H2,1-3H3,(H,33,34). The Bertz CT molecular complexity index is 1230. The van der Waals surface area contributed by atoms with E-state index in [-0.39, 0.29) is 18.5 Å². The predicted molar refractivity (Wildman–Crippen MR) is 133 cm³/mol. The van der Waals surface area contributed by atoms with Gasteiger partial charge in [-0.15, -0.1) is 0 Å². The number of anilines is 1. The van der Waals surface area contributed by atoms with Crippen LogP contribution in [0.15, 0.2) is 54.6 Å². The number of aryl methyl sites for hydroxylation is 2. The van der Waals surface area contributed by atoms with Crippen molar-refractivity contribution < 1.29 is 19.4 Å². The van der Waals surface area contributed by atoms with Crippen LogP contribution in [0.1, 0.15) is 36.4 Å². The minimum atomic E-state index is -1.53. The Kier molecular flexibility index (Phi) is 7.05. The van der Waals surface area contributed by atoms with Gasteiger partial charge in [-0.05, 0) is 42.7 Å². The largest absolute Gasteiger partial charge is 0.478 e. The summed E-state index contributed by atoms with van der Waals surface area (Å²) in [5.41, 5.74) is 1.64. The van der Waals surface area contributed by atoms with Crippen molar-refractivity contribution in [1.82, 2.24) is 15.3 Å². The summed E-state index contributed by atoms with van der Waals surface area (Å²) >= 11 is 6.41. The Morgan fingerprint density at radius 1 is 1.14 bits per heavy atom. The fraction of sp³-hybridized carbons (Fsp3) is 0.308. The number of ether oxygens (including phenoxy) is 1. The molecular formula is C26H27ClN4O4. The molecule has 1 aromatic heterocycles. The molecule has 2 heterocycles. The van der Waals surface area contributed by atoms with Gasteiger partial charge in [-0.1, -0.05) is 55.8 Å². The SMILES string of the molecule is CCc1cc(CC)nc(OC(C(=O)O)C2(c3ccccc3)NCC(=O)N(C)c3ccc(Cl)cc32)n1. The van der Waals surface area contributed by atoms with E-state index in [1.54, 1.807) is 37.4 Å². The van der Waals surface area contributed by atoms with Crippen molar-refractivity contribution in [2.24, 2.45) is 0 Å². The number of nitrogens with one attached hydrogen (secondary N) is 1. The van der Waals surface area contributed by atoms with Crippen molar-refractivity contribution in [3.63, 3.8) is 0 Å². The highest BCUT2D eigenvalue weighted by atomic mass is 35.5. The molecule has 1 aliphatic rings. The molecule has 0 saturated carbocycles. The van der Waals surface area contributed by atoms with Crippen LogP contribution in [0.3, 0.4) is 0 Å². The number of carbonyl (C=O) groups excluding carboxylic acids is 1. The molecular weight excluding hydrogens is 468 g/mol. The van der Waals surface area contributed by atoms with E-state index in [1.807, 2.05) is 38.1 Å². The lowest BCUT2D eigenvalue weighted by molar-refractivity contribution is -0.149. The van der Waals surface area contributed by atoms with Gasteiger partial charge >= 0.3 is 12.0 Å². The molecule has 2 aromatic carbocycles. The third-order valence-electron chi connectivity index (χ3n) is 6.24. The molecule has 2 N–H and O–H groups in total. The van der Waals surface area contributed by atoms with Crippen molar-refractivity contribution in [2.75, 3.05) is 18.5 Å². The van der Waals surface area contributed by atoms with Gasteiger partial charge in [0, 0.05) is 34.7 Å². The average molecular weight is 495 g/mol. The maximum absolute atomic E-state index is 12.9. The number of carbonyl (C=O) groups is 2. The number of hydrogen-bond donors (Lipinski definition) is 2. The number of fused-ring (bicyclic) bond motifs is 1. The molecule has 8 nitrogen and oxygen atoms in total. The number of nitrogens with zero attached hydrogens (tertiary/aromatic N) is 3. The van der Waals surface area contributed by atoms with E-state index in [2.05, 4.69) is 15.3 Å². The lowest BCUT2D eigenvalue weighted by Crippen LogP contribution is -2.58. The third-order valence-corrected chi connectivity index (χ3v) is 6.48. The first-order valence-corrected chi connectivity index (χ1v) is 11.8. The summed E-state index contributed by atoms with van der Waals surface area (Å²) in [4.78, 5) is 36.2. The van der Waals surface area contributed by atoms with E-state index in [1.165, 1.54) is 4.90 Å². The van der Waals surface area contributed by atoms with Crippen LogP contribution < -0.4 is 15.0 Å². The second kappa shape index (κ2) is 10.0. The summed E-state index contributed by atoms with van der Waals surface area (Å²) in [6.45, 7) is 3.79. The van der Waals surface area contributed by atoms with E-state index in [0.29, 0.717) is 34.7 Å². The molecule has 0 fully saturated rings. The van der Waals surface area contributed by atoms with Crippen molar-refractivity contribution in [3.05, 3.63) is 82.1 Å². The second-order valence-electron chi connectivity index (χ2n) is 8.32. The molecule has 2 unspecified atom stereocenters. The van der Waals surface area contributed by atoms with Crippen LogP contribution in [0.2, 0.25) is 5.02 Å². The van der Waals surface area contributed by atoms with Gasteiger partial charge in [-0.3, -0.25) is 10.1 Å². The molecule has 35 heavy (non-hydrogen) atoms. The van der Waals surface area contributed by atoms with Crippen LogP contribution >= 0.6 is 11.6 Å². The number of carboxylic acids is 1. The quantitative estimate of drug-likeness (QED) is 0.517. The zero-order valence-electron chi connectivity index (χ0n) is 19.8. The van der Waals surface area contributed by atoms with Crippen LogP contribution in [-0.2, 0) is 28.0 Å². The molecule has 1 amide bonds. The summed E-state index contributed by atoms with van der Waals surface area (Å²) in [6, 6.07) is 15.9. The fourth-order valence-electron chi connectivity index (χ4n) is 4.40. The number of halogens is 1. The van der Waals surface area contributed by atoms with Gasteiger partial charge < -0.3 is 14.7 Å². The molecule has 0 spiro atoms. The Morgan fingerprint density at radius 2 is 1.80 bits per heavy atom. The molecule has 2 atom stereocenters. The highest BCUT2D eigenvalue weighted by Crippen LogP contribution is 2.42. The molecule has 3 aromatic rings. The molecule has 0 saturated heterocycles. The molecule has 0 bridgehead atoms. The topological polar surface area (TPSA) is 105 Å². The third kappa shape index (κ3) is 4.59. The Morgan fingerprint density at radius 3 is 2.40 bits per heavy atom. The molecule has 0 aliphatic carbocycles. The van der Waals surface area contributed by atoms with Crippen molar-refractivity contribution >= 4 is 29.2 Å². The van der Waals surface area contributed by atoms with E-state index in [9.17, 15) is 14.7 Å². The van der Waals surface area contributed by atoms with Gasteiger partial charge in [0.25, 0.3) is 0 Å². The van der Waals surface area contributed by atoms with Gasteiger partial charge in [0.05, 0.1) is 6.54 Å². The lowest BCUT2D eigenvalue weighted by atomic mass is 9.77. The Balaban J connectivity index is 1.99. The summed E-state index contributed by atoms with van der Waals surface area (Å²) < 4.78 is 6.12. The number of rotatable bonds is 7. The van der Waals surface area contributed by atoms with Crippen LogP contribution in [0.25, 0.3) is 0 Å². The zero-order valence-corrected chi connectivity index (χ0v) is 20.5. The number of aliphatic carboxylic acids is 1. The van der Waals surface area contributed by atoms with Crippen LogP contribution in [0.5, 0.6) is 6.01 Å². The Labute approximate surface area is 208 Å². The van der Waals surface area contributed by atoms with E-state index < -0.39 is 17.6 Å². The summed E-state index contributed by atoms with van der Waals surface area (Å²) in [5.74, 6) is -1.47. The van der Waals surface area contributed by atoms with Crippen LogP contribution in [0, 0.1) is 0 Å². The van der Waals surface area contributed by atoms with E-state index in [4.69, 9.17) is 16.3 Å². The molecule has 4 rings (SSSR count). The number of benzene rings is 2. The molecule has 1 aliphatic heterocycles. The van der Waals surface area contributed by atoms with Crippen molar-refractivity contribution in [2.45, 2.75) is 38.3 Å². The summed E-state index contributed by atoms with van der Waals surface area (Å²) in [5, 5.41) is 14.2. The number of aromatic nitrogens is 2. The van der Waals surface area contributed by atoms with E-state index >= 15 is 0 Å². The van der Waals surface area contributed by atoms with Gasteiger partial charge in [-0.2, -0.15) is 0 Å². The minimum absolute atomic E-state index is 0.0294. The molecule has 9 heteroatoms. The summed E-state index contributed by atoms with van der Waals surface area (Å²) in [7, 11) is 1.65. The van der Waals surface area contributed by atoms with Crippen LogP contribution in [-0.4, -0.2) is 46.6 Å². The first kappa shape index (κ1) is 24.6. The lowest BCUT2D eigenvalue weighted by Gasteiger charge is -2.39. The summed E-state index contributed by atoms with van der Waals surface area (Å²) in [6.07, 6.45) is -0.245. The monoisotopic (exact) mass is 494 g/mol. The number of carboxylic acid groups (broad SMARTS) is 1. The highest BCUT2D eigenvalue weighted by molar-refractivity contribution is 6.30. The maximum Gasteiger partial charge on any atom is 0.347 e. The second-order valence-corrected chi connectivity index (χ2v) is 8.75. The van der Waals surface area contributed by atoms with E-state index in [0.717, 1.165) is 11.4 Å². The maximum atomic E-state index is 12.9. The normalized spacial score (nSPS) is 18.5. The molecule has 0 radical (unpaired) electrons. The predicted octanol–water partition coefficient (Wildman–Crippen LogP) is 3.60. The minimum Gasteiger partial charge on any atom is -0.478 e. The van der Waals surface area contributed by atoms with Crippen molar-refractivity contribution in [3.8, 4) is 6.01 Å². The molecule has 182 valence electrons. The van der Waals surface area contributed by atoms with Crippen molar-refractivity contribution in [1.29, 1.82) is 0 Å². The first-order valence-electron chi connectivity index (χ1n) is 11.4. The number of hydrogen-bond acceptors (Lipinski definition) is 6. The smallest absolute Gasteiger partial charge is 0.347 e. The first-order chi connectivity index (χ1) is 16.8. The van der Waals surface area contributed by atoms with Gasteiger partial charge in [0.15, 0.2) is 0 Å². The van der Waals surface area contributed by atoms with Crippen LogP contribution in [0.4, 0.5) is 5.69 Å². The number of amides is 1. The number of likely N-dealkylation sites (N-methyl/N-ethyl adjacent to an activating group) is 1. The fourth-order valence-corrected chi connectivity index (χ4v) is 4.57. The highest BCUT2D eigenvalue weighted by Gasteiger charge is 2.52. The average Bonchev–Trinajstić information content (AvgIpc) is 2.97. The van der Waals surface area contributed by atoms with Gasteiger partial charge in [0.2, 0.25) is 12.0 Å². The van der Waals surface area contributed by atoms with Gasteiger partial charge in [-0.25, -0.2) is 14.8 Å². The Hall–Kier alpha value is -3.49. The van der Waals surface area contributed by atoms with Gasteiger partial charge in [0.1, 0.15) is 5.54 Å². The zero-order chi connectivity index (χ0) is 25.2.